The number of halogens is 1. The van der Waals surface area contributed by atoms with E-state index in [-0.39, 0.29) is 11.3 Å². The highest BCUT2D eigenvalue weighted by Gasteiger charge is 2.16. The molecule has 0 aliphatic heterocycles. The molecular formula is C33H30FN5O3S. The van der Waals surface area contributed by atoms with E-state index in [9.17, 15) is 9.18 Å². The molecule has 3 aromatic carbocycles. The first-order chi connectivity index (χ1) is 21.0. The van der Waals surface area contributed by atoms with Crippen LogP contribution in [0.3, 0.4) is 0 Å². The predicted octanol–water partition coefficient (Wildman–Crippen LogP) is 6.33. The molecular weight excluding hydrogens is 565 g/mol. The summed E-state index contributed by atoms with van der Waals surface area (Å²) in [5.41, 5.74) is 3.08. The zero-order valence-electron chi connectivity index (χ0n) is 23.9. The van der Waals surface area contributed by atoms with Gasteiger partial charge in [-0.3, -0.25) is 4.79 Å². The topological polar surface area (TPSA) is 83.5 Å². The SMILES string of the molecule is CCCCCCOc1ccc(-c2nc3s/c(=C\c4cn(-c5ccccc5)nc4-c4ccc(OC)c(F)c4)c(=O)n3n2)cc1. The number of ether oxygens (including phenoxy) is 2. The van der Waals surface area contributed by atoms with E-state index < -0.39 is 5.82 Å². The fourth-order valence-electron chi connectivity index (χ4n) is 4.76. The number of thiazole rings is 1. The van der Waals surface area contributed by atoms with Crippen LogP contribution in [0.15, 0.2) is 83.8 Å². The lowest BCUT2D eigenvalue weighted by Gasteiger charge is -2.06. The molecule has 6 rings (SSSR count). The van der Waals surface area contributed by atoms with Crippen LogP contribution in [0.4, 0.5) is 4.39 Å². The fraction of sp³-hybridized carbons (Fsp3) is 0.212. The maximum Gasteiger partial charge on any atom is 0.291 e. The van der Waals surface area contributed by atoms with Crippen LogP contribution in [0, 0.1) is 5.82 Å². The van der Waals surface area contributed by atoms with Gasteiger partial charge in [-0.25, -0.2) is 9.07 Å². The largest absolute Gasteiger partial charge is 0.494 e. The Morgan fingerprint density at radius 2 is 1.74 bits per heavy atom. The lowest BCUT2D eigenvalue weighted by molar-refractivity contribution is 0.305. The summed E-state index contributed by atoms with van der Waals surface area (Å²) in [6.07, 6.45) is 8.18. The molecule has 0 aliphatic rings. The number of rotatable bonds is 11. The van der Waals surface area contributed by atoms with Gasteiger partial charge in [-0.05, 0) is 67.1 Å². The Hall–Kier alpha value is -4.83. The number of benzene rings is 3. The van der Waals surface area contributed by atoms with E-state index in [0.29, 0.717) is 38.7 Å². The maximum absolute atomic E-state index is 14.6. The van der Waals surface area contributed by atoms with E-state index in [1.807, 2.05) is 60.8 Å². The van der Waals surface area contributed by atoms with Gasteiger partial charge in [-0.2, -0.15) is 14.6 Å². The molecule has 6 aromatic rings. The van der Waals surface area contributed by atoms with Crippen LogP contribution in [0.1, 0.15) is 38.2 Å². The third kappa shape index (κ3) is 6.05. The molecule has 8 nitrogen and oxygen atoms in total. The molecule has 0 aliphatic carbocycles. The number of aromatic nitrogens is 5. The summed E-state index contributed by atoms with van der Waals surface area (Å²) in [7, 11) is 1.42. The van der Waals surface area contributed by atoms with E-state index >= 15 is 0 Å². The third-order valence-corrected chi connectivity index (χ3v) is 8.00. The van der Waals surface area contributed by atoms with E-state index in [2.05, 4.69) is 17.0 Å². The molecule has 3 heterocycles. The van der Waals surface area contributed by atoms with Crippen LogP contribution < -0.4 is 19.6 Å². The molecule has 0 radical (unpaired) electrons. The van der Waals surface area contributed by atoms with Crippen LogP contribution >= 0.6 is 11.3 Å². The van der Waals surface area contributed by atoms with Gasteiger partial charge in [0.2, 0.25) is 4.96 Å². The van der Waals surface area contributed by atoms with Gasteiger partial charge in [0.05, 0.1) is 23.9 Å². The second-order valence-electron chi connectivity index (χ2n) is 10.0. The molecule has 0 fully saturated rings. The van der Waals surface area contributed by atoms with Crippen LogP contribution in [-0.2, 0) is 0 Å². The van der Waals surface area contributed by atoms with E-state index in [1.54, 1.807) is 22.9 Å². The zero-order valence-corrected chi connectivity index (χ0v) is 24.7. The normalized spacial score (nSPS) is 11.8. The van der Waals surface area contributed by atoms with Crippen LogP contribution in [0.5, 0.6) is 11.5 Å². The minimum atomic E-state index is -0.498. The van der Waals surface area contributed by atoms with Crippen molar-refractivity contribution in [3.63, 3.8) is 0 Å². The van der Waals surface area contributed by atoms with E-state index in [0.717, 1.165) is 29.8 Å². The van der Waals surface area contributed by atoms with E-state index in [1.165, 1.54) is 41.9 Å². The van der Waals surface area contributed by atoms with Crippen molar-refractivity contribution in [1.29, 1.82) is 0 Å². The van der Waals surface area contributed by atoms with Gasteiger partial charge in [0.15, 0.2) is 17.4 Å². The number of unbranched alkanes of at least 4 members (excludes halogenated alkanes) is 3. The summed E-state index contributed by atoms with van der Waals surface area (Å²) < 4.78 is 29.0. The Labute approximate surface area is 251 Å². The van der Waals surface area contributed by atoms with Gasteiger partial charge in [-0.1, -0.05) is 55.7 Å². The second kappa shape index (κ2) is 12.6. The monoisotopic (exact) mass is 595 g/mol. The Bertz CT molecular complexity index is 1970. The average molecular weight is 596 g/mol. The third-order valence-electron chi connectivity index (χ3n) is 7.04. The lowest BCUT2D eigenvalue weighted by atomic mass is 10.1. The highest BCUT2D eigenvalue weighted by atomic mass is 32.1. The quantitative estimate of drug-likeness (QED) is 0.163. The molecule has 218 valence electrons. The van der Waals surface area contributed by atoms with Gasteiger partial charge in [0.25, 0.3) is 5.56 Å². The first-order valence-corrected chi connectivity index (χ1v) is 15.0. The Kier molecular flexibility index (Phi) is 8.28. The number of nitrogens with zero attached hydrogens (tertiary/aromatic N) is 5. The number of para-hydroxylation sites is 1. The van der Waals surface area contributed by atoms with Crippen molar-refractivity contribution in [3.8, 4) is 39.8 Å². The van der Waals surface area contributed by atoms with E-state index in [4.69, 9.17) is 14.6 Å². The molecule has 0 atom stereocenters. The number of fused-ring (bicyclic) bond motifs is 1. The first-order valence-electron chi connectivity index (χ1n) is 14.2. The molecule has 43 heavy (non-hydrogen) atoms. The number of hydrogen-bond acceptors (Lipinski definition) is 7. The van der Waals surface area contributed by atoms with Gasteiger partial charge in [-0.15, -0.1) is 5.10 Å². The van der Waals surface area contributed by atoms with Crippen molar-refractivity contribution in [3.05, 3.63) is 105 Å². The molecule has 0 saturated heterocycles. The summed E-state index contributed by atoms with van der Waals surface area (Å²) in [5, 5.41) is 9.23. The second-order valence-corrected chi connectivity index (χ2v) is 11.1. The van der Waals surface area contributed by atoms with Gasteiger partial charge in [0, 0.05) is 22.9 Å². The summed E-state index contributed by atoms with van der Waals surface area (Å²) in [5.74, 6) is 0.911. The highest BCUT2D eigenvalue weighted by molar-refractivity contribution is 7.15. The van der Waals surface area contributed by atoms with Crippen molar-refractivity contribution in [2.24, 2.45) is 0 Å². The number of hydrogen-bond donors (Lipinski definition) is 0. The van der Waals surface area contributed by atoms with Crippen molar-refractivity contribution < 1.29 is 13.9 Å². The molecule has 0 amide bonds. The first kappa shape index (κ1) is 28.3. The molecule has 3 aromatic heterocycles. The van der Waals surface area contributed by atoms with Crippen LogP contribution in [-0.4, -0.2) is 38.1 Å². The van der Waals surface area contributed by atoms with Crippen molar-refractivity contribution >= 4 is 22.4 Å². The standard InChI is InChI=1S/C33H30FN5O3S/c1-3-4-5-9-18-42-26-15-12-22(13-16-26)31-35-33-39(37-31)32(40)29(43-33)20-24-21-38(25-10-7-6-8-11-25)36-30(24)23-14-17-28(41-2)27(34)19-23/h6-8,10-17,19-21H,3-5,9,18H2,1-2H3/b29-20-. The lowest BCUT2D eigenvalue weighted by Crippen LogP contribution is -2.23. The summed E-state index contributed by atoms with van der Waals surface area (Å²) >= 11 is 1.24. The molecule has 0 bridgehead atoms. The predicted molar refractivity (Wildman–Crippen MR) is 167 cm³/mol. The smallest absolute Gasteiger partial charge is 0.291 e. The molecule has 0 spiro atoms. The van der Waals surface area contributed by atoms with Crippen molar-refractivity contribution in [2.45, 2.75) is 32.6 Å². The van der Waals surface area contributed by atoms with Gasteiger partial charge >= 0.3 is 0 Å². The van der Waals surface area contributed by atoms with Gasteiger partial charge < -0.3 is 9.47 Å². The molecule has 0 N–H and O–H groups in total. The maximum atomic E-state index is 14.6. The molecule has 0 unspecified atom stereocenters. The summed E-state index contributed by atoms with van der Waals surface area (Å²) in [6.45, 7) is 2.88. The van der Waals surface area contributed by atoms with Crippen molar-refractivity contribution in [1.82, 2.24) is 24.4 Å². The van der Waals surface area contributed by atoms with Crippen molar-refractivity contribution in [2.75, 3.05) is 13.7 Å². The minimum Gasteiger partial charge on any atom is -0.494 e. The highest BCUT2D eigenvalue weighted by Crippen LogP contribution is 2.29. The Balaban J connectivity index is 1.32. The summed E-state index contributed by atoms with van der Waals surface area (Å²) in [6, 6.07) is 21.9. The van der Waals surface area contributed by atoms with Crippen LogP contribution in [0.25, 0.3) is 39.4 Å². The zero-order chi connectivity index (χ0) is 29.8. The fourth-order valence-corrected chi connectivity index (χ4v) is 5.66. The Morgan fingerprint density at radius 1 is 0.953 bits per heavy atom. The molecule has 0 saturated carbocycles. The number of methoxy groups -OCH3 is 1. The van der Waals surface area contributed by atoms with Crippen LogP contribution in [0.2, 0.25) is 0 Å². The molecule has 10 heteroatoms. The van der Waals surface area contributed by atoms with Gasteiger partial charge in [0.1, 0.15) is 11.4 Å². The minimum absolute atomic E-state index is 0.143. The Morgan fingerprint density at radius 3 is 2.47 bits per heavy atom. The average Bonchev–Trinajstić information content (AvgIpc) is 3.73. The summed E-state index contributed by atoms with van der Waals surface area (Å²) in [4.78, 5) is 18.5.